The molecule has 0 aliphatic carbocycles. The van der Waals surface area contributed by atoms with Gasteiger partial charge in [-0.15, -0.1) is 13.2 Å². The predicted molar refractivity (Wildman–Crippen MR) is 175 cm³/mol. The summed E-state index contributed by atoms with van der Waals surface area (Å²) in [5.74, 6) is 0. The minimum Gasteiger partial charge on any atom is -0.350 e. The van der Waals surface area contributed by atoms with Gasteiger partial charge in [-0.25, -0.2) is 26.4 Å². The molecule has 10 nitrogen and oxygen atoms in total. The molecule has 0 bridgehead atoms. The summed E-state index contributed by atoms with van der Waals surface area (Å²) in [4.78, 5) is 24.4. The summed E-state index contributed by atoms with van der Waals surface area (Å²) >= 11 is 0. The fourth-order valence-electron chi connectivity index (χ4n) is 4.64. The molecule has 12 heteroatoms. The van der Waals surface area contributed by atoms with Crippen LogP contribution in [0.5, 0.6) is 0 Å². The van der Waals surface area contributed by atoms with Crippen LogP contribution in [0.4, 0.5) is 21.0 Å². The Kier molecular flexibility index (Phi) is 9.90. The second kappa shape index (κ2) is 13.6. The number of carbonyl (C=O) groups is 2. The molecule has 4 N–H and O–H groups in total. The van der Waals surface area contributed by atoms with E-state index in [4.69, 9.17) is 11.5 Å². The van der Waals surface area contributed by atoms with Gasteiger partial charge in [-0.3, -0.25) is 0 Å². The van der Waals surface area contributed by atoms with Crippen LogP contribution in [0.2, 0.25) is 0 Å². The van der Waals surface area contributed by atoms with Gasteiger partial charge in [-0.05, 0) is 90.0 Å². The molecule has 0 spiro atoms. The molecule has 4 aromatic carbocycles. The summed E-state index contributed by atoms with van der Waals surface area (Å²) in [5.41, 5.74) is 14.4. The van der Waals surface area contributed by atoms with Crippen molar-refractivity contribution < 1.29 is 26.4 Å². The molecule has 0 unspecified atom stereocenters. The number of amides is 4. The highest BCUT2D eigenvalue weighted by Gasteiger charge is 2.30. The van der Waals surface area contributed by atoms with Crippen LogP contribution in [0.25, 0.3) is 0 Å². The maximum atomic E-state index is 13.3. The molecule has 0 aliphatic heterocycles. The number of rotatable bonds is 12. The van der Waals surface area contributed by atoms with Gasteiger partial charge in [0.25, 0.3) is 20.0 Å². The molecule has 232 valence electrons. The van der Waals surface area contributed by atoms with Gasteiger partial charge in [0.05, 0.1) is 21.2 Å². The highest BCUT2D eigenvalue weighted by molar-refractivity contribution is 7.94. The van der Waals surface area contributed by atoms with E-state index in [9.17, 15) is 26.4 Å². The molecule has 0 saturated carbocycles. The van der Waals surface area contributed by atoms with Crippen LogP contribution < -0.4 is 20.1 Å². The van der Waals surface area contributed by atoms with E-state index in [-0.39, 0.29) is 21.2 Å². The zero-order chi connectivity index (χ0) is 32.8. The van der Waals surface area contributed by atoms with Crippen molar-refractivity contribution >= 4 is 43.5 Å². The molecule has 0 heterocycles. The van der Waals surface area contributed by atoms with E-state index >= 15 is 0 Å². The number of nitrogens with zero attached hydrogens (tertiary/aromatic N) is 2. The first-order chi connectivity index (χ1) is 21.4. The predicted octanol–water partition coefficient (Wildman–Crippen LogP) is 5.28. The van der Waals surface area contributed by atoms with Crippen LogP contribution in [-0.4, -0.2) is 28.9 Å². The molecule has 0 aliphatic rings. The maximum absolute atomic E-state index is 13.3. The molecule has 0 aromatic heterocycles. The van der Waals surface area contributed by atoms with Crippen molar-refractivity contribution in [3.8, 4) is 0 Å². The first-order valence-electron chi connectivity index (χ1n) is 13.7. The average Bonchev–Trinajstić information content (AvgIpc) is 2.99. The summed E-state index contributed by atoms with van der Waals surface area (Å²) in [6.07, 6.45) is 4.90. The van der Waals surface area contributed by atoms with E-state index in [0.717, 1.165) is 22.3 Å². The largest absolute Gasteiger partial charge is 0.350 e. The number of primary amides is 2. The van der Waals surface area contributed by atoms with Crippen molar-refractivity contribution in [2.24, 2.45) is 11.5 Å². The van der Waals surface area contributed by atoms with Gasteiger partial charge in [-0.2, -0.15) is 8.61 Å². The Morgan fingerprint density at radius 1 is 0.533 bits per heavy atom. The number of hydrogen-bond acceptors (Lipinski definition) is 6. The molecule has 4 aromatic rings. The lowest BCUT2D eigenvalue weighted by Gasteiger charge is -2.21. The molecule has 0 saturated heterocycles. The van der Waals surface area contributed by atoms with Gasteiger partial charge in [0.15, 0.2) is 0 Å². The number of hydrogen-bond donors (Lipinski definition) is 2. The van der Waals surface area contributed by atoms with Crippen LogP contribution in [0.3, 0.4) is 0 Å². The summed E-state index contributed by atoms with van der Waals surface area (Å²) in [5, 5.41) is 0. The Balaban J connectivity index is 1.53. The van der Waals surface area contributed by atoms with E-state index in [1.165, 1.54) is 48.5 Å². The lowest BCUT2D eigenvalue weighted by molar-refractivity contribution is 0.256. The second-order valence-electron chi connectivity index (χ2n) is 10.00. The SMILES string of the molecule is C=CCc1ccc(S(=O)(=O)N(C(N)=O)c2ccc(Cc3ccc(N(C(N)=O)S(=O)(=O)c4ccc(CC=C)cc4)cc3)cc2)cc1. The number of carbonyl (C=O) groups excluding carboxylic acids is 2. The molecular formula is C33H32N4O6S2. The average molecular weight is 645 g/mol. The topological polar surface area (TPSA) is 161 Å². The third kappa shape index (κ3) is 7.31. The van der Waals surface area contributed by atoms with Crippen molar-refractivity contribution in [3.05, 3.63) is 145 Å². The molecule has 4 amide bonds. The molecule has 45 heavy (non-hydrogen) atoms. The Morgan fingerprint density at radius 3 is 1.09 bits per heavy atom. The van der Waals surface area contributed by atoms with Gasteiger partial charge in [0.2, 0.25) is 0 Å². The molecule has 0 fully saturated rings. The Bertz CT molecular complexity index is 1780. The van der Waals surface area contributed by atoms with E-state index < -0.39 is 32.1 Å². The minimum absolute atomic E-state index is 0.0663. The van der Waals surface area contributed by atoms with Crippen molar-refractivity contribution in [2.75, 3.05) is 8.61 Å². The molecule has 4 rings (SSSR count). The number of urea groups is 2. The van der Waals surface area contributed by atoms with E-state index in [2.05, 4.69) is 13.2 Å². The van der Waals surface area contributed by atoms with Gasteiger partial charge < -0.3 is 11.5 Å². The quantitative estimate of drug-likeness (QED) is 0.200. The van der Waals surface area contributed by atoms with Gasteiger partial charge in [-0.1, -0.05) is 60.7 Å². The monoisotopic (exact) mass is 644 g/mol. The maximum Gasteiger partial charge on any atom is 0.333 e. The summed E-state index contributed by atoms with van der Waals surface area (Å²) in [6, 6.07) is 22.4. The van der Waals surface area contributed by atoms with Crippen molar-refractivity contribution in [2.45, 2.75) is 29.1 Å². The fraction of sp³-hybridized carbons (Fsp3) is 0.0909. The van der Waals surface area contributed by atoms with Crippen LogP contribution in [0.1, 0.15) is 22.3 Å². The van der Waals surface area contributed by atoms with E-state index in [1.54, 1.807) is 60.7 Å². The van der Waals surface area contributed by atoms with Crippen LogP contribution in [-0.2, 0) is 39.3 Å². The van der Waals surface area contributed by atoms with Crippen LogP contribution in [0, 0.1) is 0 Å². The lowest BCUT2D eigenvalue weighted by atomic mass is 10.0. The van der Waals surface area contributed by atoms with Crippen molar-refractivity contribution in [3.63, 3.8) is 0 Å². The number of allylic oxidation sites excluding steroid dienone is 2. The smallest absolute Gasteiger partial charge is 0.333 e. The summed E-state index contributed by atoms with van der Waals surface area (Å²) in [6.45, 7) is 7.33. The third-order valence-electron chi connectivity index (χ3n) is 6.83. The Labute approximate surface area is 263 Å². The Morgan fingerprint density at radius 2 is 0.822 bits per heavy atom. The summed E-state index contributed by atoms with van der Waals surface area (Å²) in [7, 11) is -8.55. The van der Waals surface area contributed by atoms with E-state index in [0.29, 0.717) is 27.9 Å². The highest BCUT2D eigenvalue weighted by Crippen LogP contribution is 2.27. The third-order valence-corrected chi connectivity index (χ3v) is 10.3. The van der Waals surface area contributed by atoms with Crippen molar-refractivity contribution in [1.82, 2.24) is 0 Å². The van der Waals surface area contributed by atoms with Crippen molar-refractivity contribution in [1.29, 1.82) is 0 Å². The normalized spacial score (nSPS) is 11.4. The first-order valence-corrected chi connectivity index (χ1v) is 16.5. The molecular weight excluding hydrogens is 613 g/mol. The zero-order valence-corrected chi connectivity index (χ0v) is 25.9. The fourth-order valence-corrected chi connectivity index (χ4v) is 7.30. The van der Waals surface area contributed by atoms with Gasteiger partial charge in [0, 0.05) is 0 Å². The van der Waals surface area contributed by atoms with Crippen LogP contribution in [0.15, 0.2) is 132 Å². The number of anilines is 2. The summed E-state index contributed by atoms with van der Waals surface area (Å²) < 4.78 is 54.2. The molecule has 0 atom stereocenters. The number of sulfonamides is 2. The zero-order valence-electron chi connectivity index (χ0n) is 24.2. The number of benzene rings is 4. The Hall–Kier alpha value is -5.20. The van der Waals surface area contributed by atoms with E-state index in [1.807, 2.05) is 0 Å². The standard InChI is InChI=1S/C33H32N4O6S2/c1-3-5-24-11-19-30(20-12-24)44(40,41)36(32(34)38)28-15-7-26(8-16-28)23-27-9-17-29(18-10-27)37(33(35)39)45(42,43)31-21-13-25(6-4-2)14-22-31/h3-4,7-22H,1-2,5-6,23H2,(H2,34,38)(H2,35,39). The second-order valence-corrected chi connectivity index (χ2v) is 13.6. The minimum atomic E-state index is -4.28. The van der Waals surface area contributed by atoms with Gasteiger partial charge >= 0.3 is 12.1 Å². The lowest BCUT2D eigenvalue weighted by Crippen LogP contribution is -2.40. The highest BCUT2D eigenvalue weighted by atomic mass is 32.2. The van der Waals surface area contributed by atoms with Gasteiger partial charge in [0.1, 0.15) is 0 Å². The number of nitrogens with two attached hydrogens (primary N) is 2. The first kappa shape index (κ1) is 32.7. The molecule has 0 radical (unpaired) electrons. The van der Waals surface area contributed by atoms with Crippen LogP contribution >= 0.6 is 0 Å².